The van der Waals surface area contributed by atoms with Crippen molar-refractivity contribution in [3.8, 4) is 0 Å². The zero-order valence-corrected chi connectivity index (χ0v) is 14.5. The maximum absolute atomic E-state index is 12.0. The molecular weight excluding hydrogens is 314 g/mol. The molecule has 1 rings (SSSR count). The van der Waals surface area contributed by atoms with Crippen LogP contribution in [0.5, 0.6) is 0 Å². The van der Waals surface area contributed by atoms with Crippen LogP contribution in [-0.4, -0.2) is 26.5 Å². The van der Waals surface area contributed by atoms with Crippen molar-refractivity contribution in [2.75, 3.05) is 6.26 Å². The lowest BCUT2D eigenvalue weighted by Gasteiger charge is -2.09. The summed E-state index contributed by atoms with van der Waals surface area (Å²) in [4.78, 5) is 15.6. The number of nitrogens with two attached hydrogens (primary N) is 2. The van der Waals surface area contributed by atoms with E-state index in [9.17, 15) is 13.2 Å². The fourth-order valence-electron chi connectivity index (χ4n) is 2.10. The van der Waals surface area contributed by atoms with E-state index in [0.29, 0.717) is 11.1 Å². The Bertz CT molecular complexity index is 746. The number of carbonyl (C=O) groups is 1. The largest absolute Gasteiger partial charge is 0.370 e. The van der Waals surface area contributed by atoms with E-state index in [1.807, 2.05) is 6.08 Å². The molecule has 0 fully saturated rings. The molecule has 0 heterocycles. The van der Waals surface area contributed by atoms with Gasteiger partial charge in [-0.15, -0.1) is 0 Å². The minimum absolute atomic E-state index is 0.0880. The Hall–Kier alpha value is -2.15. The van der Waals surface area contributed by atoms with E-state index >= 15 is 0 Å². The number of unbranched alkanes of at least 4 members (excludes halogenated alkanes) is 2. The summed E-state index contributed by atoms with van der Waals surface area (Å²) in [7, 11) is -3.49. The Kier molecular flexibility index (Phi) is 6.50. The Balaban J connectivity index is 3.39. The standard InChI is InChI=1S/C16H23N3O3S/c1-4-5-6-7-8-12-9-11(2)13(15(20)19-16(17)18)10-14(12)23(3,21)22/h7-10H,4-6H2,1-3H3,(H4,17,18,19,20)/b8-7+. The van der Waals surface area contributed by atoms with Crippen LogP contribution in [0.1, 0.15) is 47.7 Å². The first-order valence-electron chi connectivity index (χ1n) is 7.32. The van der Waals surface area contributed by atoms with E-state index in [0.717, 1.165) is 25.5 Å². The average molecular weight is 337 g/mol. The third-order valence-corrected chi connectivity index (χ3v) is 4.39. The van der Waals surface area contributed by atoms with Gasteiger partial charge in [-0.3, -0.25) is 4.79 Å². The molecule has 0 radical (unpaired) electrons. The zero-order chi connectivity index (χ0) is 17.6. The van der Waals surface area contributed by atoms with Crippen LogP contribution in [0, 0.1) is 6.92 Å². The topological polar surface area (TPSA) is 116 Å². The molecule has 0 aliphatic carbocycles. The predicted molar refractivity (Wildman–Crippen MR) is 93.0 cm³/mol. The lowest BCUT2D eigenvalue weighted by molar-refractivity contribution is 0.100. The molecule has 0 aliphatic rings. The first-order valence-corrected chi connectivity index (χ1v) is 9.21. The number of aliphatic imine (C=N–C) groups is 1. The van der Waals surface area contributed by atoms with Gasteiger partial charge >= 0.3 is 0 Å². The lowest BCUT2D eigenvalue weighted by Crippen LogP contribution is -2.24. The highest BCUT2D eigenvalue weighted by molar-refractivity contribution is 7.90. The second-order valence-electron chi connectivity index (χ2n) is 5.36. The SMILES string of the molecule is CCCC/C=C/c1cc(C)c(C(=O)N=C(N)N)cc1S(C)(=O)=O. The van der Waals surface area contributed by atoms with Crippen LogP contribution in [0.2, 0.25) is 0 Å². The smallest absolute Gasteiger partial charge is 0.280 e. The number of hydrogen-bond acceptors (Lipinski definition) is 3. The van der Waals surface area contributed by atoms with Crippen molar-refractivity contribution in [1.82, 2.24) is 0 Å². The van der Waals surface area contributed by atoms with Crippen LogP contribution in [0.15, 0.2) is 28.1 Å². The summed E-state index contributed by atoms with van der Waals surface area (Å²) >= 11 is 0. The molecule has 4 N–H and O–H groups in total. The van der Waals surface area contributed by atoms with Crippen LogP contribution in [0.4, 0.5) is 0 Å². The first kappa shape index (κ1) is 18.9. The molecule has 1 amide bonds. The normalized spacial score (nSPS) is 11.6. The number of nitrogens with zero attached hydrogens (tertiary/aromatic N) is 1. The second kappa shape index (κ2) is 7.92. The first-order chi connectivity index (χ1) is 10.7. The molecule has 0 aromatic heterocycles. The van der Waals surface area contributed by atoms with Crippen molar-refractivity contribution in [3.63, 3.8) is 0 Å². The second-order valence-corrected chi connectivity index (χ2v) is 7.35. The maximum Gasteiger partial charge on any atom is 0.280 e. The number of benzene rings is 1. The Labute approximate surface area is 137 Å². The molecule has 0 unspecified atom stereocenters. The van der Waals surface area contributed by atoms with Crippen molar-refractivity contribution in [1.29, 1.82) is 0 Å². The van der Waals surface area contributed by atoms with Crippen molar-refractivity contribution >= 4 is 27.8 Å². The molecule has 23 heavy (non-hydrogen) atoms. The summed E-state index contributed by atoms with van der Waals surface area (Å²) in [5.74, 6) is -1.02. The Morgan fingerprint density at radius 1 is 1.30 bits per heavy atom. The fourth-order valence-corrected chi connectivity index (χ4v) is 2.99. The minimum atomic E-state index is -3.49. The highest BCUT2D eigenvalue weighted by atomic mass is 32.2. The van der Waals surface area contributed by atoms with Gasteiger partial charge in [0.05, 0.1) is 4.90 Å². The van der Waals surface area contributed by atoms with Crippen LogP contribution >= 0.6 is 0 Å². The molecule has 1 aromatic rings. The van der Waals surface area contributed by atoms with Gasteiger partial charge in [-0.05, 0) is 36.6 Å². The Morgan fingerprint density at radius 2 is 1.96 bits per heavy atom. The van der Waals surface area contributed by atoms with E-state index in [1.54, 1.807) is 19.1 Å². The molecule has 0 aliphatic heterocycles. The maximum atomic E-state index is 12.0. The van der Waals surface area contributed by atoms with Gasteiger partial charge in [-0.2, -0.15) is 4.99 Å². The van der Waals surface area contributed by atoms with Gasteiger partial charge in [0.25, 0.3) is 5.91 Å². The van der Waals surface area contributed by atoms with Gasteiger partial charge in [-0.1, -0.05) is 31.9 Å². The van der Waals surface area contributed by atoms with Gasteiger partial charge in [0.1, 0.15) is 0 Å². The minimum Gasteiger partial charge on any atom is -0.370 e. The van der Waals surface area contributed by atoms with Gasteiger partial charge in [0, 0.05) is 11.8 Å². The predicted octanol–water partition coefficient (Wildman–Crippen LogP) is 2.02. The number of rotatable bonds is 6. The number of amides is 1. The average Bonchev–Trinajstić information content (AvgIpc) is 2.41. The van der Waals surface area contributed by atoms with E-state index in [4.69, 9.17) is 11.5 Å². The number of allylic oxidation sites excluding steroid dienone is 1. The zero-order valence-electron chi connectivity index (χ0n) is 13.7. The number of sulfone groups is 1. The third kappa shape index (κ3) is 5.52. The van der Waals surface area contributed by atoms with Crippen molar-refractivity contribution in [3.05, 3.63) is 34.9 Å². The number of carbonyl (C=O) groups excluding carboxylic acids is 1. The van der Waals surface area contributed by atoms with Crippen LogP contribution in [-0.2, 0) is 9.84 Å². The Morgan fingerprint density at radius 3 is 2.48 bits per heavy atom. The van der Waals surface area contributed by atoms with Gasteiger partial charge in [-0.25, -0.2) is 8.42 Å². The molecule has 0 atom stereocenters. The fraction of sp³-hybridized carbons (Fsp3) is 0.375. The van der Waals surface area contributed by atoms with Crippen LogP contribution < -0.4 is 11.5 Å². The molecule has 0 bridgehead atoms. The third-order valence-electron chi connectivity index (χ3n) is 3.24. The van der Waals surface area contributed by atoms with Gasteiger partial charge in [0.2, 0.25) is 0 Å². The van der Waals surface area contributed by atoms with Crippen molar-refractivity contribution in [2.24, 2.45) is 16.5 Å². The van der Waals surface area contributed by atoms with E-state index in [-0.39, 0.29) is 16.4 Å². The number of guanidine groups is 1. The summed E-state index contributed by atoms with van der Waals surface area (Å²) in [5.41, 5.74) is 11.8. The summed E-state index contributed by atoms with van der Waals surface area (Å²) in [6.07, 6.45) is 7.78. The molecule has 6 nitrogen and oxygen atoms in total. The van der Waals surface area contributed by atoms with Crippen molar-refractivity contribution < 1.29 is 13.2 Å². The molecule has 0 saturated heterocycles. The number of hydrogen-bond donors (Lipinski definition) is 2. The van der Waals surface area contributed by atoms with Gasteiger partial charge < -0.3 is 11.5 Å². The summed E-state index contributed by atoms with van der Waals surface area (Å²) in [6.45, 7) is 3.80. The number of aryl methyl sites for hydroxylation is 1. The quantitative estimate of drug-likeness (QED) is 0.468. The summed E-state index contributed by atoms with van der Waals surface area (Å²) in [6, 6.07) is 2.99. The molecule has 126 valence electrons. The van der Waals surface area contributed by atoms with Gasteiger partial charge in [0.15, 0.2) is 15.8 Å². The molecule has 0 saturated carbocycles. The van der Waals surface area contributed by atoms with E-state index < -0.39 is 15.7 Å². The van der Waals surface area contributed by atoms with Crippen LogP contribution in [0.3, 0.4) is 0 Å². The molecular formula is C16H23N3O3S. The highest BCUT2D eigenvalue weighted by Gasteiger charge is 2.18. The molecule has 1 aromatic carbocycles. The van der Waals surface area contributed by atoms with E-state index in [1.165, 1.54) is 6.07 Å². The molecule has 0 spiro atoms. The highest BCUT2D eigenvalue weighted by Crippen LogP contribution is 2.23. The summed E-state index contributed by atoms with van der Waals surface area (Å²) in [5, 5.41) is 0. The summed E-state index contributed by atoms with van der Waals surface area (Å²) < 4.78 is 24.0. The monoisotopic (exact) mass is 337 g/mol. The molecule has 7 heteroatoms. The van der Waals surface area contributed by atoms with Crippen LogP contribution in [0.25, 0.3) is 6.08 Å². The lowest BCUT2D eigenvalue weighted by atomic mass is 10.0. The van der Waals surface area contributed by atoms with E-state index in [2.05, 4.69) is 11.9 Å². The van der Waals surface area contributed by atoms with Crippen molar-refractivity contribution in [2.45, 2.75) is 38.0 Å².